The van der Waals surface area contributed by atoms with Crippen molar-refractivity contribution in [2.45, 2.75) is 84.2 Å². The predicted molar refractivity (Wildman–Crippen MR) is 171 cm³/mol. The summed E-state index contributed by atoms with van der Waals surface area (Å²) in [7, 11) is 1.20. The van der Waals surface area contributed by atoms with Crippen molar-refractivity contribution in [1.82, 2.24) is 0 Å². The van der Waals surface area contributed by atoms with Gasteiger partial charge < -0.3 is 34.3 Å². The van der Waals surface area contributed by atoms with Crippen LogP contribution in [-0.2, 0) is 42.9 Å². The molecule has 8 aliphatic rings. The van der Waals surface area contributed by atoms with Gasteiger partial charge >= 0.3 is 23.9 Å². The first-order valence-electron chi connectivity index (χ1n) is 17.5. The van der Waals surface area contributed by atoms with Gasteiger partial charge in [0.1, 0.15) is 24.9 Å². The van der Waals surface area contributed by atoms with Crippen molar-refractivity contribution in [3.63, 3.8) is 0 Å². The molecule has 0 amide bonds. The highest BCUT2D eigenvalue weighted by Crippen LogP contribution is 2.83. The molecule has 0 bridgehead atoms. The second-order valence-corrected chi connectivity index (χ2v) is 16.3. The summed E-state index contributed by atoms with van der Waals surface area (Å²) in [5.74, 6) is -6.71. The number of hydrogen-bond donors (Lipinski definition) is 3. The molecule has 5 fully saturated rings. The lowest BCUT2D eigenvalue weighted by atomic mass is 9.41. The minimum atomic E-state index is -1.72. The second kappa shape index (κ2) is 10.3. The highest BCUT2D eigenvalue weighted by molar-refractivity contribution is 6.09. The van der Waals surface area contributed by atoms with Gasteiger partial charge in [0.2, 0.25) is 0 Å². The summed E-state index contributed by atoms with van der Waals surface area (Å²) in [6.07, 6.45) is 0.218. The quantitative estimate of drug-likeness (QED) is 0.160. The lowest BCUT2D eigenvalue weighted by molar-refractivity contribution is -0.206. The second-order valence-electron chi connectivity index (χ2n) is 16.3. The third-order valence-electron chi connectivity index (χ3n) is 14.5. The number of rotatable bonds is 6. The number of esters is 4. The van der Waals surface area contributed by atoms with E-state index < -0.39 is 88.3 Å². The first-order chi connectivity index (χ1) is 23.5. The Bertz CT molecular complexity index is 1830. The van der Waals surface area contributed by atoms with Crippen LogP contribution in [0.4, 0.5) is 0 Å². The number of ketones is 1. The van der Waals surface area contributed by atoms with Crippen LogP contribution in [0.3, 0.4) is 0 Å². The normalized spacial score (nSPS) is 46.9. The van der Waals surface area contributed by atoms with Gasteiger partial charge in [-0.2, -0.15) is 0 Å². The Morgan fingerprint density at radius 3 is 2.34 bits per heavy atom. The first kappa shape index (κ1) is 33.5. The minimum Gasteiger partial charge on any atom is -0.466 e. The molecule has 8 rings (SSSR count). The monoisotopic (exact) mass is 692 g/mol. The fourth-order valence-electron chi connectivity index (χ4n) is 12.2. The highest BCUT2D eigenvalue weighted by Gasteiger charge is 2.85. The third kappa shape index (κ3) is 3.70. The maximum Gasteiger partial charge on any atom is 0.338 e. The molecule has 7 aliphatic carbocycles. The number of carbonyl (C=O) groups excluding carboxylic acids is 5. The summed E-state index contributed by atoms with van der Waals surface area (Å²) >= 11 is 0. The SMILES string of the molecule is C/C=C(\C)C(=O)OC[C@]1(O)[C@H]2C[C@H]2[C@]2(C)[C@@H]3[C@@H](O)C4=C5[C@H](/C(=C(\C)C(=O)OC)C(=O)[C@H](O)[C@@]5(C)[C@@H]5C[C@H]45)[C@@]34OC(=O)C(COC(C)=O)=C4C[C@@H]12. The lowest BCUT2D eigenvalue weighted by Gasteiger charge is -2.64. The molecule has 0 unspecified atom stereocenters. The maximum atomic E-state index is 14.5. The molecule has 1 spiro atoms. The van der Waals surface area contributed by atoms with Gasteiger partial charge in [0.15, 0.2) is 11.4 Å². The van der Waals surface area contributed by atoms with E-state index in [1.54, 1.807) is 19.9 Å². The average Bonchev–Trinajstić information content (AvgIpc) is 3.99. The molecule has 13 atom stereocenters. The molecule has 50 heavy (non-hydrogen) atoms. The Kier molecular flexibility index (Phi) is 6.88. The molecule has 3 N–H and O–H groups in total. The number of hydrogen-bond acceptors (Lipinski definition) is 12. The summed E-state index contributed by atoms with van der Waals surface area (Å²) in [4.78, 5) is 66.8. The van der Waals surface area contributed by atoms with E-state index in [0.717, 1.165) is 0 Å². The molecule has 0 aromatic heterocycles. The fourth-order valence-corrected chi connectivity index (χ4v) is 12.2. The molecule has 1 heterocycles. The van der Waals surface area contributed by atoms with Gasteiger partial charge in [-0.15, -0.1) is 0 Å². The van der Waals surface area contributed by atoms with Crippen molar-refractivity contribution in [1.29, 1.82) is 0 Å². The minimum absolute atomic E-state index is 0.0232. The van der Waals surface area contributed by atoms with Crippen LogP contribution < -0.4 is 0 Å². The van der Waals surface area contributed by atoms with Crippen LogP contribution in [-0.4, -0.2) is 88.7 Å². The van der Waals surface area contributed by atoms with E-state index >= 15 is 0 Å². The van der Waals surface area contributed by atoms with Gasteiger partial charge in [-0.3, -0.25) is 9.59 Å². The van der Waals surface area contributed by atoms with Crippen molar-refractivity contribution >= 4 is 29.7 Å². The molecular formula is C38H44O12. The largest absolute Gasteiger partial charge is 0.466 e. The zero-order valence-corrected chi connectivity index (χ0v) is 29.3. The van der Waals surface area contributed by atoms with Gasteiger partial charge in [-0.05, 0) is 85.8 Å². The zero-order valence-electron chi connectivity index (χ0n) is 29.3. The maximum absolute atomic E-state index is 14.5. The lowest BCUT2D eigenvalue weighted by Crippen LogP contribution is -2.70. The van der Waals surface area contributed by atoms with Crippen molar-refractivity contribution < 1.29 is 58.2 Å². The molecule has 0 radical (unpaired) electrons. The Morgan fingerprint density at radius 2 is 1.70 bits per heavy atom. The number of Topliss-reactive ketones (excluding diaryl/α,β-unsaturated/α-hetero) is 1. The predicted octanol–water partition coefficient (Wildman–Crippen LogP) is 2.05. The van der Waals surface area contributed by atoms with E-state index in [1.165, 1.54) is 21.0 Å². The Morgan fingerprint density at radius 1 is 1.00 bits per heavy atom. The molecule has 268 valence electrons. The van der Waals surface area contributed by atoms with Crippen molar-refractivity contribution in [2.75, 3.05) is 20.3 Å². The van der Waals surface area contributed by atoms with Crippen LogP contribution in [0.1, 0.15) is 60.8 Å². The highest BCUT2D eigenvalue weighted by atomic mass is 16.6. The first-order valence-corrected chi connectivity index (χ1v) is 17.5. The van der Waals surface area contributed by atoms with E-state index in [2.05, 4.69) is 0 Å². The van der Waals surface area contributed by atoms with Crippen LogP contribution in [0.25, 0.3) is 0 Å². The Hall–Kier alpha value is -3.61. The van der Waals surface area contributed by atoms with Gasteiger partial charge in [0.25, 0.3) is 0 Å². The standard InChI is InChI=1S/C38H44O12/c1-8-14(2)32(43)49-13-37(46)22-10-21(22)35(5)23(37)11-20-18(12-48-16(4)39)34(45)50-38(20)27-24(15(3)33(44)47-7)29(41)31(42)36(6)19-9-17(19)25(26(27)36)28(40)30(35)38/h8,17,19,21-23,27-28,30-31,40,42,46H,9-13H2,1-7H3/b14-8+,24-15-/t17-,19+,21+,22-,23+,27-,28-,30-,31-,35-,36-,37-,38+/m0/s1. The molecule has 12 heteroatoms. The number of methoxy groups -OCH3 is 1. The smallest absolute Gasteiger partial charge is 0.338 e. The van der Waals surface area contributed by atoms with Crippen LogP contribution in [0.5, 0.6) is 0 Å². The van der Waals surface area contributed by atoms with E-state index in [4.69, 9.17) is 18.9 Å². The molecule has 0 aromatic carbocycles. The Balaban J connectivity index is 1.40. The van der Waals surface area contributed by atoms with Crippen LogP contribution in [0.15, 0.2) is 45.1 Å². The summed E-state index contributed by atoms with van der Waals surface area (Å²) < 4.78 is 22.8. The number of carbonyl (C=O) groups is 5. The van der Waals surface area contributed by atoms with Crippen LogP contribution in [0, 0.1) is 52.3 Å². The molecule has 12 nitrogen and oxygen atoms in total. The van der Waals surface area contributed by atoms with E-state index in [0.29, 0.717) is 35.1 Å². The third-order valence-corrected chi connectivity index (χ3v) is 14.5. The van der Waals surface area contributed by atoms with Gasteiger partial charge in [0.05, 0.1) is 24.7 Å². The average molecular weight is 693 g/mol. The zero-order chi connectivity index (χ0) is 36.2. The number of aliphatic hydroxyl groups excluding tert-OH is 2. The molecular weight excluding hydrogens is 648 g/mol. The summed E-state index contributed by atoms with van der Waals surface area (Å²) in [6.45, 7) is 9.09. The van der Waals surface area contributed by atoms with Gasteiger partial charge in [-0.1, -0.05) is 19.9 Å². The summed E-state index contributed by atoms with van der Waals surface area (Å²) in [5, 5.41) is 37.3. The summed E-state index contributed by atoms with van der Waals surface area (Å²) in [5.41, 5.74) is -3.16. The Labute approximate surface area is 289 Å². The van der Waals surface area contributed by atoms with Crippen molar-refractivity contribution in [2.24, 2.45) is 52.3 Å². The summed E-state index contributed by atoms with van der Waals surface area (Å²) in [6, 6.07) is 0. The number of ether oxygens (including phenoxy) is 4. The van der Waals surface area contributed by atoms with E-state index in [9.17, 15) is 39.3 Å². The van der Waals surface area contributed by atoms with Crippen molar-refractivity contribution in [3.8, 4) is 0 Å². The topological polar surface area (TPSA) is 183 Å². The van der Waals surface area contributed by atoms with Gasteiger partial charge in [-0.25, -0.2) is 14.4 Å². The van der Waals surface area contributed by atoms with E-state index in [1.807, 2.05) is 13.8 Å². The van der Waals surface area contributed by atoms with Gasteiger partial charge in [0, 0.05) is 40.9 Å². The van der Waals surface area contributed by atoms with E-state index in [-0.39, 0.29) is 53.4 Å². The fraction of sp³-hybridized carbons (Fsp3) is 0.658. The molecule has 0 aromatic rings. The molecule has 0 saturated heterocycles. The number of aliphatic hydroxyl groups is 3. The number of allylic oxidation sites excluding steroid dienone is 1. The molecule has 5 saturated carbocycles. The van der Waals surface area contributed by atoms with Crippen molar-refractivity contribution in [3.05, 3.63) is 45.1 Å². The number of fused-ring (bicyclic) bond motifs is 7. The molecule has 1 aliphatic heterocycles. The van der Waals surface area contributed by atoms with Crippen LogP contribution in [0.2, 0.25) is 0 Å². The van der Waals surface area contributed by atoms with Crippen LogP contribution >= 0.6 is 0 Å².